The molecule has 0 spiro atoms. The lowest BCUT2D eigenvalue weighted by Crippen LogP contribution is -2.36. The average molecular weight is 206 g/mol. The fourth-order valence-corrected chi connectivity index (χ4v) is 5.11. The fourth-order valence-electron chi connectivity index (χ4n) is 5.11. The Morgan fingerprint density at radius 1 is 0.733 bits per heavy atom. The molecule has 0 heteroatoms. The van der Waals surface area contributed by atoms with E-state index in [1.54, 1.807) is 19.3 Å². The zero-order valence-corrected chi connectivity index (χ0v) is 10.5. The number of hydrogen-bond donors (Lipinski definition) is 0. The van der Waals surface area contributed by atoms with E-state index in [9.17, 15) is 0 Å². The summed E-state index contributed by atoms with van der Waals surface area (Å²) in [6.07, 6.45) is 13.8. The van der Waals surface area contributed by atoms with Gasteiger partial charge in [-0.1, -0.05) is 26.7 Å². The zero-order valence-electron chi connectivity index (χ0n) is 10.5. The van der Waals surface area contributed by atoms with Crippen molar-refractivity contribution in [3.05, 3.63) is 0 Å². The smallest absolute Gasteiger partial charge is 0.0297 e. The van der Waals surface area contributed by atoms with Gasteiger partial charge >= 0.3 is 0 Å². The molecule has 0 aromatic carbocycles. The highest BCUT2D eigenvalue weighted by molar-refractivity contribution is 4.99. The van der Waals surface area contributed by atoms with Crippen LogP contribution in [0.1, 0.15) is 71.6 Å². The van der Waals surface area contributed by atoms with Gasteiger partial charge in [-0.05, 0) is 67.6 Å². The van der Waals surface area contributed by atoms with Crippen LogP contribution in [0.5, 0.6) is 0 Å². The first kappa shape index (κ1) is 10.2. The van der Waals surface area contributed by atoms with Gasteiger partial charge in [-0.3, -0.25) is 0 Å². The first-order chi connectivity index (χ1) is 7.12. The summed E-state index contributed by atoms with van der Waals surface area (Å²) in [5, 5.41) is 0. The topological polar surface area (TPSA) is 0 Å². The van der Waals surface area contributed by atoms with Gasteiger partial charge in [0.05, 0.1) is 0 Å². The van der Waals surface area contributed by atoms with Crippen LogP contribution in [0.3, 0.4) is 0 Å². The second-order valence-electron chi connectivity index (χ2n) is 7.22. The Kier molecular flexibility index (Phi) is 2.20. The summed E-state index contributed by atoms with van der Waals surface area (Å²) < 4.78 is 0. The summed E-state index contributed by atoms with van der Waals surface area (Å²) in [5.41, 5.74) is 1.47. The number of fused-ring (bicyclic) bond motifs is 4. The van der Waals surface area contributed by atoms with Crippen molar-refractivity contribution in [2.75, 3.05) is 0 Å². The van der Waals surface area contributed by atoms with E-state index < -0.39 is 0 Å². The van der Waals surface area contributed by atoms with Crippen LogP contribution >= 0.6 is 0 Å². The molecule has 4 bridgehead atoms. The third kappa shape index (κ3) is 1.47. The van der Waals surface area contributed by atoms with Crippen molar-refractivity contribution in [3.63, 3.8) is 0 Å². The predicted molar refractivity (Wildman–Crippen MR) is 64.7 cm³/mol. The van der Waals surface area contributed by atoms with Crippen LogP contribution < -0.4 is 0 Å². The highest BCUT2D eigenvalue weighted by Crippen LogP contribution is 2.59. The highest BCUT2D eigenvalue weighted by atomic mass is 14.5. The van der Waals surface area contributed by atoms with E-state index >= 15 is 0 Å². The molecule has 2 atom stereocenters. The van der Waals surface area contributed by atoms with Crippen LogP contribution in [-0.4, -0.2) is 0 Å². The molecule has 15 heavy (non-hydrogen) atoms. The molecule has 0 heterocycles. The van der Waals surface area contributed by atoms with Crippen molar-refractivity contribution in [2.45, 2.75) is 71.6 Å². The molecule has 4 saturated carbocycles. The SMILES string of the molecule is CC12CCCC(C)(CCC1)C1CCC2C1. The molecule has 0 amide bonds. The van der Waals surface area contributed by atoms with E-state index in [1.165, 1.54) is 38.5 Å². The summed E-state index contributed by atoms with van der Waals surface area (Å²) in [6.45, 7) is 5.21. The normalized spacial score (nSPS) is 54.8. The van der Waals surface area contributed by atoms with E-state index in [0.29, 0.717) is 0 Å². The Morgan fingerprint density at radius 3 is 1.53 bits per heavy atom. The lowest BCUT2D eigenvalue weighted by molar-refractivity contribution is 0.0421. The maximum absolute atomic E-state index is 2.61. The molecule has 0 aliphatic heterocycles. The summed E-state index contributed by atoms with van der Waals surface area (Å²) in [4.78, 5) is 0. The molecule has 0 aromatic rings. The molecule has 2 unspecified atom stereocenters. The Bertz CT molecular complexity index is 219. The summed E-state index contributed by atoms with van der Waals surface area (Å²) in [7, 11) is 0. The van der Waals surface area contributed by atoms with Gasteiger partial charge in [0.2, 0.25) is 0 Å². The molecule has 0 nitrogen and oxygen atoms in total. The average Bonchev–Trinajstić information content (AvgIpc) is 2.64. The van der Waals surface area contributed by atoms with Crippen LogP contribution in [0, 0.1) is 22.7 Å². The van der Waals surface area contributed by atoms with Gasteiger partial charge in [-0.15, -0.1) is 0 Å². The molecule has 0 aromatic heterocycles. The van der Waals surface area contributed by atoms with Gasteiger partial charge in [0.15, 0.2) is 0 Å². The van der Waals surface area contributed by atoms with Gasteiger partial charge in [0.25, 0.3) is 0 Å². The summed E-state index contributed by atoms with van der Waals surface area (Å²) >= 11 is 0. The lowest BCUT2D eigenvalue weighted by atomic mass is 9.59. The molecule has 4 fully saturated rings. The van der Waals surface area contributed by atoms with Crippen LogP contribution in [0.2, 0.25) is 0 Å². The van der Waals surface area contributed by atoms with Crippen molar-refractivity contribution < 1.29 is 0 Å². The maximum atomic E-state index is 2.61. The van der Waals surface area contributed by atoms with Crippen LogP contribution in [0.4, 0.5) is 0 Å². The molecule has 0 radical (unpaired) electrons. The van der Waals surface area contributed by atoms with Crippen LogP contribution in [-0.2, 0) is 0 Å². The molecular formula is C15H26. The van der Waals surface area contributed by atoms with E-state index in [4.69, 9.17) is 0 Å². The Hall–Kier alpha value is 0. The first-order valence-electron chi connectivity index (χ1n) is 7.12. The van der Waals surface area contributed by atoms with E-state index in [1.807, 2.05) is 0 Å². The molecule has 86 valence electrons. The lowest BCUT2D eigenvalue weighted by Gasteiger charge is -2.46. The van der Waals surface area contributed by atoms with E-state index in [2.05, 4.69) is 13.8 Å². The number of rotatable bonds is 0. The first-order valence-corrected chi connectivity index (χ1v) is 7.12. The Balaban J connectivity index is 1.97. The third-order valence-electron chi connectivity index (χ3n) is 6.40. The van der Waals surface area contributed by atoms with E-state index in [0.717, 1.165) is 22.7 Å². The Labute approximate surface area is 94.8 Å². The minimum Gasteiger partial charge on any atom is -0.0594 e. The number of hydrogen-bond acceptors (Lipinski definition) is 0. The van der Waals surface area contributed by atoms with Gasteiger partial charge in [-0.25, -0.2) is 0 Å². The minimum atomic E-state index is 0.733. The molecule has 0 saturated heterocycles. The van der Waals surface area contributed by atoms with Crippen molar-refractivity contribution >= 4 is 0 Å². The predicted octanol–water partition coefficient (Wildman–Crippen LogP) is 4.78. The van der Waals surface area contributed by atoms with Gasteiger partial charge in [-0.2, -0.15) is 0 Å². The fraction of sp³-hybridized carbons (Fsp3) is 1.00. The molecule has 4 aliphatic carbocycles. The van der Waals surface area contributed by atoms with Crippen molar-refractivity contribution in [3.8, 4) is 0 Å². The maximum Gasteiger partial charge on any atom is -0.0297 e. The monoisotopic (exact) mass is 206 g/mol. The molecular weight excluding hydrogens is 180 g/mol. The van der Waals surface area contributed by atoms with Crippen LogP contribution in [0.15, 0.2) is 0 Å². The van der Waals surface area contributed by atoms with Gasteiger partial charge in [0.1, 0.15) is 0 Å². The third-order valence-corrected chi connectivity index (χ3v) is 6.40. The second-order valence-corrected chi connectivity index (χ2v) is 7.22. The zero-order chi connectivity index (χ0) is 10.5. The van der Waals surface area contributed by atoms with E-state index in [-0.39, 0.29) is 0 Å². The quantitative estimate of drug-likeness (QED) is 0.535. The summed E-state index contributed by atoms with van der Waals surface area (Å²) in [6, 6.07) is 0. The van der Waals surface area contributed by atoms with Gasteiger partial charge < -0.3 is 0 Å². The molecule has 0 N–H and O–H groups in total. The largest absolute Gasteiger partial charge is 0.0594 e. The molecule has 4 aliphatic rings. The van der Waals surface area contributed by atoms with Crippen molar-refractivity contribution in [1.82, 2.24) is 0 Å². The standard InChI is InChI=1S/C15H26/c1-14-7-3-9-15(2,10-4-8-14)13-6-5-12(14)11-13/h12-13H,3-11H2,1-2H3. The summed E-state index contributed by atoms with van der Waals surface area (Å²) in [5.74, 6) is 2.17. The highest BCUT2D eigenvalue weighted by Gasteiger charge is 2.48. The minimum absolute atomic E-state index is 0.733. The second kappa shape index (κ2) is 3.25. The van der Waals surface area contributed by atoms with Crippen molar-refractivity contribution in [1.29, 1.82) is 0 Å². The Morgan fingerprint density at radius 2 is 1.13 bits per heavy atom. The van der Waals surface area contributed by atoms with Gasteiger partial charge in [0, 0.05) is 0 Å². The van der Waals surface area contributed by atoms with Crippen molar-refractivity contribution in [2.24, 2.45) is 22.7 Å². The van der Waals surface area contributed by atoms with Crippen LogP contribution in [0.25, 0.3) is 0 Å². The molecule has 4 rings (SSSR count).